The zero-order valence-electron chi connectivity index (χ0n) is 35.8. The molecule has 304 valence electrons. The van der Waals surface area contributed by atoms with Gasteiger partial charge in [-0.1, -0.05) is 95.5 Å². The largest absolute Gasteiger partial charge is 2.00 e. The minimum atomic E-state index is 0. The summed E-state index contributed by atoms with van der Waals surface area (Å²) < 4.78 is 0. The summed E-state index contributed by atoms with van der Waals surface area (Å²) in [5.74, 6) is 3.20. The molecule has 0 aliphatic heterocycles. The van der Waals surface area contributed by atoms with E-state index in [-0.39, 0.29) is 93.1 Å². The zero-order valence-corrected chi connectivity index (χ0v) is 44.0. The number of hydrogen-bond donors (Lipinski definition) is 0. The maximum absolute atomic E-state index is 2.42. The van der Waals surface area contributed by atoms with Crippen molar-refractivity contribution in [3.8, 4) is 0 Å². The molecule has 0 saturated carbocycles. The van der Waals surface area contributed by atoms with E-state index in [2.05, 4.69) is 213 Å². The SMILES string of the molecule is CC(C)CP(CC(C)C)c1cc2ccccc2[cH-]1.CC(C)CP(CC(C)C)c1cc2ccccc2[cH-]1.[Cl-].[Cl-].[Zr+2].[Zr+2].c1ccc2[cH-]ccc2c1.c1ccc2[cH-]ccc2c1. The fraction of sp³-hybridized carbons (Fsp3) is 0.308. The third-order valence-corrected chi connectivity index (χ3v) is 16.0. The topological polar surface area (TPSA) is 0 Å². The Morgan fingerprint density at radius 1 is 0.379 bits per heavy atom. The molecule has 0 spiro atoms. The molecule has 6 heteroatoms. The Balaban J connectivity index is 0.000000394. The van der Waals surface area contributed by atoms with Gasteiger partial charge in [0.25, 0.3) is 0 Å². The first-order valence-electron chi connectivity index (χ1n) is 20.1. The second-order valence-electron chi connectivity index (χ2n) is 16.4. The van der Waals surface area contributed by atoms with Gasteiger partial charge in [-0.3, -0.25) is 0 Å². The van der Waals surface area contributed by atoms with E-state index in [9.17, 15) is 0 Å². The van der Waals surface area contributed by atoms with Gasteiger partial charge in [-0.25, -0.2) is 0 Å². The maximum Gasteiger partial charge on any atom is 2.00 e. The zero-order chi connectivity index (χ0) is 38.5. The molecule has 0 fully saturated rings. The van der Waals surface area contributed by atoms with Crippen LogP contribution in [-0.4, -0.2) is 24.6 Å². The smallest absolute Gasteiger partial charge is 1.00 e. The minimum absolute atomic E-state index is 0. The third kappa shape index (κ3) is 17.5. The molecule has 0 saturated heterocycles. The first kappa shape index (κ1) is 54.5. The molecule has 0 nitrogen and oxygen atoms in total. The van der Waals surface area contributed by atoms with Crippen molar-refractivity contribution in [1.29, 1.82) is 0 Å². The summed E-state index contributed by atoms with van der Waals surface area (Å²) in [6, 6.07) is 56.5. The van der Waals surface area contributed by atoms with Crippen LogP contribution in [0.5, 0.6) is 0 Å². The van der Waals surface area contributed by atoms with Crippen LogP contribution in [0.3, 0.4) is 0 Å². The van der Waals surface area contributed by atoms with Gasteiger partial charge in [-0.05, 0) is 48.3 Å². The Kier molecular flexibility index (Phi) is 26.5. The minimum Gasteiger partial charge on any atom is -1.00 e. The average molecular weight is 1000 g/mol. The monoisotopic (exact) mass is 998 g/mol. The normalized spacial score (nSPS) is 10.7. The van der Waals surface area contributed by atoms with Crippen LogP contribution in [0.15, 0.2) is 158 Å². The van der Waals surface area contributed by atoms with E-state index < -0.39 is 0 Å². The molecule has 0 aromatic heterocycles. The molecular formula is C52H62Cl2P2Zr2-2. The summed E-state index contributed by atoms with van der Waals surface area (Å²) in [6.45, 7) is 18.8. The van der Waals surface area contributed by atoms with Crippen LogP contribution in [0.25, 0.3) is 43.1 Å². The Bertz CT molecular complexity index is 1950. The Hall–Kier alpha value is -1.47. The predicted molar refractivity (Wildman–Crippen MR) is 250 cm³/mol. The molecule has 0 N–H and O–H groups in total. The molecule has 0 heterocycles. The third-order valence-electron chi connectivity index (χ3n) is 9.37. The van der Waals surface area contributed by atoms with Gasteiger partial charge in [0.1, 0.15) is 0 Å². The van der Waals surface area contributed by atoms with Crippen molar-refractivity contribution in [2.24, 2.45) is 23.7 Å². The summed E-state index contributed by atoms with van der Waals surface area (Å²) in [4.78, 5) is 0. The van der Waals surface area contributed by atoms with Gasteiger partial charge in [-0.15, -0.1) is 140 Å². The fourth-order valence-corrected chi connectivity index (χ4v) is 13.1. The molecule has 0 aliphatic carbocycles. The second kappa shape index (κ2) is 28.2. The van der Waals surface area contributed by atoms with E-state index in [0.29, 0.717) is 0 Å². The van der Waals surface area contributed by atoms with E-state index in [4.69, 9.17) is 0 Å². The van der Waals surface area contributed by atoms with Crippen LogP contribution in [0.2, 0.25) is 0 Å². The molecule has 0 radical (unpaired) electrons. The molecule has 8 aromatic rings. The number of benzene rings is 4. The van der Waals surface area contributed by atoms with Gasteiger partial charge in [0, 0.05) is 0 Å². The summed E-state index contributed by atoms with van der Waals surface area (Å²) in [6.07, 6.45) is 5.46. The number of rotatable bonds is 10. The van der Waals surface area contributed by atoms with Crippen LogP contribution in [0.1, 0.15) is 55.4 Å². The molecule has 0 amide bonds. The van der Waals surface area contributed by atoms with Crippen molar-refractivity contribution >= 4 is 69.5 Å². The molecule has 58 heavy (non-hydrogen) atoms. The van der Waals surface area contributed by atoms with Gasteiger partial charge < -0.3 is 24.8 Å². The van der Waals surface area contributed by atoms with Gasteiger partial charge >= 0.3 is 52.4 Å². The summed E-state index contributed by atoms with van der Waals surface area (Å²) in [7, 11) is 0.0370. The van der Waals surface area contributed by atoms with Crippen molar-refractivity contribution in [2.45, 2.75) is 55.4 Å². The standard InChI is InChI=1S/2C17H24P.2C9H7.2ClH.2Zr/c2*1-13(2)11-18(12-14(3)4)17-9-15-7-5-6-8-16(15)10-17;2*1-2-5-9-7-3-6-8(9)4-1;;;;/h2*5-10,13-14H,11-12H2,1-4H3;2*1-7H;2*1H;;/q4*-1;;;2*+2/p-2. The van der Waals surface area contributed by atoms with Gasteiger partial charge in [-0.2, -0.15) is 47.2 Å². The van der Waals surface area contributed by atoms with Crippen LogP contribution in [-0.2, 0) is 52.4 Å². The first-order valence-corrected chi connectivity index (χ1v) is 23.5. The second-order valence-corrected chi connectivity index (χ2v) is 21.0. The number of fused-ring (bicyclic) bond motifs is 4. The van der Waals surface area contributed by atoms with Crippen molar-refractivity contribution in [3.05, 3.63) is 158 Å². The molecule has 8 rings (SSSR count). The van der Waals surface area contributed by atoms with E-state index in [1.165, 1.54) is 67.7 Å². The Morgan fingerprint density at radius 3 is 0.931 bits per heavy atom. The van der Waals surface area contributed by atoms with E-state index in [1.54, 1.807) is 10.6 Å². The van der Waals surface area contributed by atoms with Crippen LogP contribution in [0, 0.1) is 23.7 Å². The van der Waals surface area contributed by atoms with Crippen molar-refractivity contribution in [3.63, 3.8) is 0 Å². The molecular weight excluding hydrogens is 940 g/mol. The van der Waals surface area contributed by atoms with Gasteiger partial charge in [0.2, 0.25) is 0 Å². The first-order chi connectivity index (χ1) is 26.0. The van der Waals surface area contributed by atoms with E-state index in [0.717, 1.165) is 23.7 Å². The van der Waals surface area contributed by atoms with E-state index >= 15 is 0 Å². The van der Waals surface area contributed by atoms with Crippen molar-refractivity contribution in [2.75, 3.05) is 24.6 Å². The number of halogens is 2. The molecule has 0 bridgehead atoms. The van der Waals surface area contributed by atoms with Crippen molar-refractivity contribution < 1.29 is 77.2 Å². The van der Waals surface area contributed by atoms with Crippen LogP contribution < -0.4 is 35.4 Å². The average Bonchev–Trinajstić information content (AvgIpc) is 3.96. The molecule has 8 aromatic carbocycles. The quantitative estimate of drug-likeness (QED) is 0.0949. The molecule has 0 atom stereocenters. The Labute approximate surface area is 404 Å². The van der Waals surface area contributed by atoms with Crippen LogP contribution in [0.4, 0.5) is 0 Å². The van der Waals surface area contributed by atoms with Gasteiger partial charge in [0.05, 0.1) is 0 Å². The maximum atomic E-state index is 2.42. The summed E-state index contributed by atoms with van der Waals surface area (Å²) >= 11 is 0. The fourth-order valence-electron chi connectivity index (χ4n) is 7.11. The predicted octanol–water partition coefficient (Wildman–Crippen LogP) is 9.08. The summed E-state index contributed by atoms with van der Waals surface area (Å²) in [5, 5.41) is 14.2. The summed E-state index contributed by atoms with van der Waals surface area (Å²) in [5.41, 5.74) is 0. The van der Waals surface area contributed by atoms with Crippen molar-refractivity contribution in [1.82, 2.24) is 0 Å². The molecule has 0 unspecified atom stereocenters. The van der Waals surface area contributed by atoms with Gasteiger partial charge in [0.15, 0.2) is 0 Å². The number of hydrogen-bond acceptors (Lipinski definition) is 0. The molecule has 0 aliphatic rings. The van der Waals surface area contributed by atoms with Crippen LogP contribution >= 0.6 is 15.8 Å². The van der Waals surface area contributed by atoms with E-state index in [1.807, 2.05) is 0 Å². The Morgan fingerprint density at radius 2 is 0.655 bits per heavy atom.